The highest BCUT2D eigenvalue weighted by Crippen LogP contribution is 2.17. The van der Waals surface area contributed by atoms with Crippen LogP contribution in [0.5, 0.6) is 0 Å². The molecule has 0 radical (unpaired) electrons. The minimum absolute atomic E-state index is 0.0978. The maximum Gasteiger partial charge on any atom is 0.0719 e. The van der Waals surface area contributed by atoms with Gasteiger partial charge in [0.25, 0.3) is 0 Å². The second-order valence-corrected chi connectivity index (χ2v) is 4.22. The second kappa shape index (κ2) is 4.40. The van der Waals surface area contributed by atoms with Gasteiger partial charge >= 0.3 is 0 Å². The number of aliphatic hydroxyl groups is 1. The van der Waals surface area contributed by atoms with Gasteiger partial charge in [0.15, 0.2) is 0 Å². The zero-order valence-corrected chi connectivity index (χ0v) is 8.21. The first kappa shape index (κ1) is 9.44. The Labute approximate surface area is 80.1 Å². The van der Waals surface area contributed by atoms with Crippen molar-refractivity contribution in [3.63, 3.8) is 0 Å². The highest BCUT2D eigenvalue weighted by molar-refractivity contribution is 4.86. The molecule has 0 saturated carbocycles. The molecule has 0 spiro atoms. The number of rotatable bonds is 1. The normalized spacial score (nSPS) is 37.6. The van der Waals surface area contributed by atoms with Crippen molar-refractivity contribution < 1.29 is 5.11 Å². The lowest BCUT2D eigenvalue weighted by atomic mass is 9.99. The fourth-order valence-electron chi connectivity index (χ4n) is 2.45. The van der Waals surface area contributed by atoms with E-state index in [0.717, 1.165) is 19.5 Å². The van der Waals surface area contributed by atoms with Gasteiger partial charge in [0.05, 0.1) is 6.10 Å². The lowest BCUT2D eigenvalue weighted by molar-refractivity contribution is 0.0194. The van der Waals surface area contributed by atoms with E-state index < -0.39 is 0 Å². The molecule has 2 atom stereocenters. The molecule has 2 rings (SSSR count). The predicted molar refractivity (Wildman–Crippen MR) is 52.7 cm³/mol. The van der Waals surface area contributed by atoms with E-state index in [0.29, 0.717) is 6.04 Å². The summed E-state index contributed by atoms with van der Waals surface area (Å²) in [6, 6.07) is 0.383. The molecule has 2 heterocycles. The third kappa shape index (κ3) is 2.22. The van der Waals surface area contributed by atoms with Crippen molar-refractivity contribution in [2.45, 2.75) is 37.8 Å². The molecule has 2 aliphatic rings. The number of piperidine rings is 2. The zero-order valence-electron chi connectivity index (χ0n) is 8.21. The number of hydrogen-bond donors (Lipinski definition) is 2. The molecule has 2 unspecified atom stereocenters. The topological polar surface area (TPSA) is 35.5 Å². The Hall–Kier alpha value is -0.120. The van der Waals surface area contributed by atoms with Crippen LogP contribution in [0.25, 0.3) is 0 Å². The molecule has 3 nitrogen and oxygen atoms in total. The van der Waals surface area contributed by atoms with Crippen LogP contribution < -0.4 is 5.32 Å². The lowest BCUT2D eigenvalue weighted by Gasteiger charge is -2.39. The van der Waals surface area contributed by atoms with Gasteiger partial charge in [-0.2, -0.15) is 0 Å². The van der Waals surface area contributed by atoms with Crippen molar-refractivity contribution >= 4 is 0 Å². The van der Waals surface area contributed by atoms with Crippen molar-refractivity contribution in [2.24, 2.45) is 0 Å². The Morgan fingerprint density at radius 1 is 1.15 bits per heavy atom. The molecule has 3 heteroatoms. The number of nitrogens with zero attached hydrogens (tertiary/aromatic N) is 1. The van der Waals surface area contributed by atoms with E-state index in [1.54, 1.807) is 0 Å². The molecule has 2 aliphatic heterocycles. The SMILES string of the molecule is OC1CCNCC1N1CCCCC1. The summed E-state index contributed by atoms with van der Waals surface area (Å²) in [5.74, 6) is 0. The van der Waals surface area contributed by atoms with Gasteiger partial charge in [0.1, 0.15) is 0 Å². The van der Waals surface area contributed by atoms with E-state index >= 15 is 0 Å². The third-order valence-electron chi connectivity index (χ3n) is 3.27. The Morgan fingerprint density at radius 2 is 1.92 bits per heavy atom. The Bertz CT molecular complexity index is 157. The van der Waals surface area contributed by atoms with Gasteiger partial charge in [-0.15, -0.1) is 0 Å². The molecule has 0 aromatic heterocycles. The van der Waals surface area contributed by atoms with E-state index in [1.807, 2.05) is 0 Å². The van der Waals surface area contributed by atoms with Crippen LogP contribution in [0, 0.1) is 0 Å². The third-order valence-corrected chi connectivity index (χ3v) is 3.27. The molecule has 76 valence electrons. The molecule has 2 saturated heterocycles. The Kier molecular flexibility index (Phi) is 3.19. The summed E-state index contributed by atoms with van der Waals surface area (Å²) in [4.78, 5) is 2.46. The molecule has 2 N–H and O–H groups in total. The Morgan fingerprint density at radius 3 is 2.62 bits per heavy atom. The summed E-state index contributed by atoms with van der Waals surface area (Å²) in [7, 11) is 0. The summed E-state index contributed by atoms with van der Waals surface area (Å²) < 4.78 is 0. The zero-order chi connectivity index (χ0) is 9.10. The van der Waals surface area contributed by atoms with Crippen molar-refractivity contribution in [1.82, 2.24) is 10.2 Å². The largest absolute Gasteiger partial charge is 0.391 e. The maximum absolute atomic E-state index is 9.84. The van der Waals surface area contributed by atoms with Crippen molar-refractivity contribution in [1.29, 1.82) is 0 Å². The molecular weight excluding hydrogens is 164 g/mol. The molecule has 0 aliphatic carbocycles. The highest BCUT2D eigenvalue weighted by atomic mass is 16.3. The predicted octanol–water partition coefficient (Wildman–Crippen LogP) is 0.195. The quantitative estimate of drug-likeness (QED) is 0.611. The molecule has 0 aromatic rings. The van der Waals surface area contributed by atoms with Crippen LogP contribution in [0.2, 0.25) is 0 Å². The fraction of sp³-hybridized carbons (Fsp3) is 1.00. The molecule has 13 heavy (non-hydrogen) atoms. The van der Waals surface area contributed by atoms with E-state index in [9.17, 15) is 5.11 Å². The van der Waals surface area contributed by atoms with Crippen LogP contribution in [0.3, 0.4) is 0 Å². The maximum atomic E-state index is 9.84. The molecule has 0 amide bonds. The van der Waals surface area contributed by atoms with E-state index in [2.05, 4.69) is 10.2 Å². The number of hydrogen-bond acceptors (Lipinski definition) is 3. The van der Waals surface area contributed by atoms with Gasteiger partial charge in [-0.1, -0.05) is 6.42 Å². The average molecular weight is 184 g/mol. The van der Waals surface area contributed by atoms with Crippen molar-refractivity contribution in [3.8, 4) is 0 Å². The van der Waals surface area contributed by atoms with Gasteiger partial charge in [-0.25, -0.2) is 0 Å². The fourth-order valence-corrected chi connectivity index (χ4v) is 2.45. The molecule has 2 fully saturated rings. The van der Waals surface area contributed by atoms with Crippen molar-refractivity contribution in [3.05, 3.63) is 0 Å². The van der Waals surface area contributed by atoms with E-state index in [4.69, 9.17) is 0 Å². The van der Waals surface area contributed by atoms with Gasteiger partial charge in [-0.05, 0) is 38.9 Å². The highest BCUT2D eigenvalue weighted by Gasteiger charge is 2.28. The van der Waals surface area contributed by atoms with E-state index in [1.165, 1.54) is 32.4 Å². The summed E-state index contributed by atoms with van der Waals surface area (Å²) in [6.45, 7) is 4.32. The lowest BCUT2D eigenvalue weighted by Crippen LogP contribution is -2.55. The summed E-state index contributed by atoms with van der Waals surface area (Å²) in [5.41, 5.74) is 0. The van der Waals surface area contributed by atoms with Crippen LogP contribution in [-0.4, -0.2) is 48.3 Å². The average Bonchev–Trinajstić information content (AvgIpc) is 2.20. The van der Waals surface area contributed by atoms with Crippen molar-refractivity contribution in [2.75, 3.05) is 26.2 Å². The summed E-state index contributed by atoms with van der Waals surface area (Å²) in [5, 5.41) is 13.2. The number of likely N-dealkylation sites (tertiary alicyclic amines) is 1. The second-order valence-electron chi connectivity index (χ2n) is 4.22. The number of nitrogens with one attached hydrogen (secondary N) is 1. The Balaban J connectivity index is 1.88. The van der Waals surface area contributed by atoms with Crippen LogP contribution >= 0.6 is 0 Å². The van der Waals surface area contributed by atoms with Gasteiger partial charge in [0.2, 0.25) is 0 Å². The minimum atomic E-state index is -0.0978. The van der Waals surface area contributed by atoms with Crippen LogP contribution in [0.1, 0.15) is 25.7 Å². The first-order valence-corrected chi connectivity index (χ1v) is 5.51. The first-order chi connectivity index (χ1) is 6.38. The van der Waals surface area contributed by atoms with Gasteiger partial charge in [-0.3, -0.25) is 4.90 Å². The van der Waals surface area contributed by atoms with Gasteiger partial charge in [0, 0.05) is 12.6 Å². The molecular formula is C10H20N2O. The summed E-state index contributed by atoms with van der Waals surface area (Å²) in [6.07, 6.45) is 4.81. The standard InChI is InChI=1S/C10H20N2O/c13-10-4-5-11-8-9(10)12-6-2-1-3-7-12/h9-11,13H,1-8H2. The smallest absolute Gasteiger partial charge is 0.0719 e. The molecule has 0 bridgehead atoms. The number of aliphatic hydroxyl groups excluding tert-OH is 1. The van der Waals surface area contributed by atoms with Gasteiger partial charge < -0.3 is 10.4 Å². The minimum Gasteiger partial charge on any atom is -0.391 e. The van der Waals surface area contributed by atoms with E-state index in [-0.39, 0.29) is 6.10 Å². The molecule has 0 aromatic carbocycles. The monoisotopic (exact) mass is 184 g/mol. The van der Waals surface area contributed by atoms with Crippen LogP contribution in [0.4, 0.5) is 0 Å². The summed E-state index contributed by atoms with van der Waals surface area (Å²) >= 11 is 0. The first-order valence-electron chi connectivity index (χ1n) is 5.51. The van der Waals surface area contributed by atoms with Crippen LogP contribution in [0.15, 0.2) is 0 Å². The van der Waals surface area contributed by atoms with Crippen LogP contribution in [-0.2, 0) is 0 Å².